The van der Waals surface area contributed by atoms with E-state index in [0.717, 1.165) is 16.3 Å². The number of aromatic nitrogens is 3. The van der Waals surface area contributed by atoms with Crippen molar-refractivity contribution in [1.29, 1.82) is 0 Å². The van der Waals surface area contributed by atoms with Crippen LogP contribution in [0.15, 0.2) is 42.5 Å². The van der Waals surface area contributed by atoms with E-state index in [0.29, 0.717) is 17.5 Å². The van der Waals surface area contributed by atoms with Crippen LogP contribution >= 0.6 is 11.8 Å². The van der Waals surface area contributed by atoms with Gasteiger partial charge in [-0.25, -0.2) is 0 Å². The first-order valence-electron chi connectivity index (χ1n) is 7.76. The van der Waals surface area contributed by atoms with Crippen LogP contribution in [-0.2, 0) is 9.59 Å². The molecule has 1 aliphatic rings. The van der Waals surface area contributed by atoms with Gasteiger partial charge in [0.15, 0.2) is 5.82 Å². The fourth-order valence-corrected chi connectivity index (χ4v) is 3.65. The average molecular weight is 353 g/mol. The first-order chi connectivity index (χ1) is 12.2. The van der Waals surface area contributed by atoms with Crippen LogP contribution < -0.4 is 5.32 Å². The number of carbonyl (C=O) groups is 2. The topological polar surface area (TPSA) is 91.0 Å². The molecule has 1 fully saturated rings. The molecule has 0 aliphatic carbocycles. The predicted octanol–water partition coefficient (Wildman–Crippen LogP) is 2.10. The lowest BCUT2D eigenvalue weighted by Crippen LogP contribution is -2.34. The molecule has 126 valence electrons. The Morgan fingerprint density at radius 1 is 1.24 bits per heavy atom. The van der Waals surface area contributed by atoms with Gasteiger partial charge in [0, 0.05) is 5.56 Å². The van der Waals surface area contributed by atoms with E-state index in [-0.39, 0.29) is 24.3 Å². The van der Waals surface area contributed by atoms with Crippen LogP contribution in [0.3, 0.4) is 0 Å². The van der Waals surface area contributed by atoms with Gasteiger partial charge in [-0.05, 0) is 10.8 Å². The summed E-state index contributed by atoms with van der Waals surface area (Å²) in [6, 6.07) is 13.9. The predicted molar refractivity (Wildman–Crippen MR) is 97.0 cm³/mol. The average Bonchev–Trinajstić information content (AvgIpc) is 3.24. The maximum absolute atomic E-state index is 12.1. The Morgan fingerprint density at radius 3 is 2.92 bits per heavy atom. The Hall–Kier alpha value is -2.87. The Balaban J connectivity index is 1.52. The second-order valence-electron chi connectivity index (χ2n) is 5.65. The summed E-state index contributed by atoms with van der Waals surface area (Å²) in [4.78, 5) is 29.5. The number of nitrogens with zero attached hydrogens (tertiary/aromatic N) is 3. The second-order valence-corrected chi connectivity index (χ2v) is 6.61. The van der Waals surface area contributed by atoms with E-state index in [1.54, 1.807) is 0 Å². The number of amides is 2. The summed E-state index contributed by atoms with van der Waals surface area (Å²) in [6.45, 7) is 0.0178. The Bertz CT molecular complexity index is 950. The maximum Gasteiger partial charge on any atom is 0.249 e. The monoisotopic (exact) mass is 353 g/mol. The highest BCUT2D eigenvalue weighted by atomic mass is 32.2. The van der Waals surface area contributed by atoms with Crippen molar-refractivity contribution in [2.24, 2.45) is 0 Å². The number of carbonyl (C=O) groups excluding carboxylic acids is 2. The normalized spacial score (nSPS) is 14.2. The van der Waals surface area contributed by atoms with Crippen molar-refractivity contribution in [3.05, 3.63) is 42.5 Å². The van der Waals surface area contributed by atoms with Gasteiger partial charge in [0.2, 0.25) is 17.8 Å². The molecule has 2 N–H and O–H groups in total. The van der Waals surface area contributed by atoms with E-state index >= 15 is 0 Å². The van der Waals surface area contributed by atoms with Gasteiger partial charge in [-0.3, -0.25) is 20.0 Å². The minimum atomic E-state index is -0.306. The summed E-state index contributed by atoms with van der Waals surface area (Å²) in [6.07, 6.45) is 0. The highest BCUT2D eigenvalue weighted by Crippen LogP contribution is 2.26. The summed E-state index contributed by atoms with van der Waals surface area (Å²) in [7, 11) is 0. The van der Waals surface area contributed by atoms with Crippen LogP contribution in [0.2, 0.25) is 0 Å². The number of benzene rings is 2. The van der Waals surface area contributed by atoms with Crippen molar-refractivity contribution >= 4 is 40.3 Å². The van der Waals surface area contributed by atoms with Gasteiger partial charge in [0.1, 0.15) is 6.54 Å². The number of H-pyrrole nitrogens is 1. The zero-order chi connectivity index (χ0) is 17.2. The molecule has 1 saturated heterocycles. The largest absolute Gasteiger partial charge is 0.323 e. The van der Waals surface area contributed by atoms with E-state index < -0.39 is 0 Å². The first kappa shape index (κ1) is 15.6. The molecule has 0 spiro atoms. The summed E-state index contributed by atoms with van der Waals surface area (Å²) in [5.41, 5.74) is 0.914. The Kier molecular flexibility index (Phi) is 4.10. The highest BCUT2D eigenvalue weighted by molar-refractivity contribution is 8.00. The van der Waals surface area contributed by atoms with E-state index in [4.69, 9.17) is 0 Å². The molecule has 0 atom stereocenters. The molecule has 0 unspecified atom stereocenters. The second kappa shape index (κ2) is 6.56. The fourth-order valence-electron chi connectivity index (χ4n) is 2.75. The summed E-state index contributed by atoms with van der Waals surface area (Å²) >= 11 is 1.50. The molecule has 0 radical (unpaired) electrons. The van der Waals surface area contributed by atoms with Gasteiger partial charge < -0.3 is 4.90 Å². The number of anilines is 1. The van der Waals surface area contributed by atoms with E-state index in [1.165, 1.54) is 16.7 Å². The smallest absolute Gasteiger partial charge is 0.249 e. The third-order valence-corrected chi connectivity index (χ3v) is 4.89. The molecule has 0 bridgehead atoms. The van der Waals surface area contributed by atoms with Gasteiger partial charge in [-0.15, -0.1) is 16.9 Å². The fraction of sp³-hybridized carbons (Fsp3) is 0.176. The SMILES string of the molecule is O=C(CN1CSCC1=O)Nc1n[nH]c(-c2cccc3ccccc23)n1. The van der Waals surface area contributed by atoms with Crippen molar-refractivity contribution in [2.75, 3.05) is 23.5 Å². The molecule has 3 aromatic rings. The first-order valence-corrected chi connectivity index (χ1v) is 8.92. The number of hydrogen-bond acceptors (Lipinski definition) is 5. The molecule has 2 heterocycles. The number of fused-ring (bicyclic) bond motifs is 1. The molecule has 2 aromatic carbocycles. The molecule has 25 heavy (non-hydrogen) atoms. The molecular weight excluding hydrogens is 338 g/mol. The summed E-state index contributed by atoms with van der Waals surface area (Å²) in [5, 5.41) is 11.7. The van der Waals surface area contributed by atoms with Crippen LogP contribution in [0.5, 0.6) is 0 Å². The molecule has 0 saturated carbocycles. The van der Waals surface area contributed by atoms with Gasteiger partial charge in [0.05, 0.1) is 11.6 Å². The molecule has 8 heteroatoms. The van der Waals surface area contributed by atoms with Crippen LogP contribution in [-0.4, -0.2) is 50.1 Å². The molecule has 7 nitrogen and oxygen atoms in total. The third kappa shape index (κ3) is 3.20. The van der Waals surface area contributed by atoms with Crippen molar-refractivity contribution in [3.63, 3.8) is 0 Å². The van der Waals surface area contributed by atoms with Crippen molar-refractivity contribution in [2.45, 2.75) is 0 Å². The van der Waals surface area contributed by atoms with Crippen LogP contribution in [0.1, 0.15) is 0 Å². The lowest BCUT2D eigenvalue weighted by atomic mass is 10.0. The lowest BCUT2D eigenvalue weighted by molar-refractivity contribution is -0.130. The minimum absolute atomic E-state index is 0.0178. The van der Waals surface area contributed by atoms with Gasteiger partial charge >= 0.3 is 0 Å². The summed E-state index contributed by atoms with van der Waals surface area (Å²) in [5.74, 6) is 1.43. The summed E-state index contributed by atoms with van der Waals surface area (Å²) < 4.78 is 0. The zero-order valence-electron chi connectivity index (χ0n) is 13.2. The number of hydrogen-bond donors (Lipinski definition) is 2. The lowest BCUT2D eigenvalue weighted by Gasteiger charge is -2.12. The molecular formula is C17H15N5O2S. The van der Waals surface area contributed by atoms with Crippen molar-refractivity contribution in [3.8, 4) is 11.4 Å². The molecule has 1 aliphatic heterocycles. The van der Waals surface area contributed by atoms with Crippen molar-refractivity contribution in [1.82, 2.24) is 20.1 Å². The van der Waals surface area contributed by atoms with Gasteiger partial charge in [-0.1, -0.05) is 42.5 Å². The quantitative estimate of drug-likeness (QED) is 0.749. The molecule has 1 aromatic heterocycles. The van der Waals surface area contributed by atoms with Crippen molar-refractivity contribution < 1.29 is 9.59 Å². The van der Waals surface area contributed by atoms with Gasteiger partial charge in [-0.2, -0.15) is 4.98 Å². The van der Waals surface area contributed by atoms with Crippen LogP contribution in [0.25, 0.3) is 22.2 Å². The zero-order valence-corrected chi connectivity index (χ0v) is 14.0. The van der Waals surface area contributed by atoms with Gasteiger partial charge in [0.25, 0.3) is 0 Å². The highest BCUT2D eigenvalue weighted by Gasteiger charge is 2.23. The molecule has 4 rings (SSSR count). The number of aromatic amines is 1. The molecule has 2 amide bonds. The Labute approximate surface area is 147 Å². The minimum Gasteiger partial charge on any atom is -0.323 e. The maximum atomic E-state index is 12.1. The Morgan fingerprint density at radius 2 is 2.08 bits per heavy atom. The number of rotatable bonds is 4. The van der Waals surface area contributed by atoms with Crippen LogP contribution in [0, 0.1) is 0 Å². The van der Waals surface area contributed by atoms with E-state index in [1.807, 2.05) is 42.5 Å². The number of nitrogens with one attached hydrogen (secondary N) is 2. The van der Waals surface area contributed by atoms with E-state index in [2.05, 4.69) is 20.5 Å². The number of thioether (sulfide) groups is 1. The van der Waals surface area contributed by atoms with Crippen LogP contribution in [0.4, 0.5) is 5.95 Å². The standard InChI is InChI=1S/C17H15N5O2S/c23-14(8-22-10-25-9-15(22)24)18-17-19-16(20-21-17)13-7-3-5-11-4-1-2-6-12(11)13/h1-7H,8-10H2,(H2,18,19,20,21,23). The third-order valence-electron chi connectivity index (χ3n) is 3.94. The van der Waals surface area contributed by atoms with E-state index in [9.17, 15) is 9.59 Å².